The summed E-state index contributed by atoms with van der Waals surface area (Å²) in [5.41, 5.74) is 6.35. The molecule has 0 radical (unpaired) electrons. The van der Waals surface area contributed by atoms with Gasteiger partial charge >= 0.3 is 0 Å². The van der Waals surface area contributed by atoms with Gasteiger partial charge in [0.2, 0.25) is 0 Å². The Morgan fingerprint density at radius 1 is 0.471 bits per heavy atom. The van der Waals surface area contributed by atoms with Crippen LogP contribution in [0.1, 0.15) is 45.4 Å². The molecule has 0 aliphatic carbocycles. The number of rotatable bonds is 26. The highest BCUT2D eigenvalue weighted by Gasteiger charge is 1.96. The van der Waals surface area contributed by atoms with Gasteiger partial charge in [0.15, 0.2) is 0 Å². The SMILES string of the molecule is CCCCCCCCOCCOCCOCCOCCOCCOCCOc1ccc(N)cc1. The van der Waals surface area contributed by atoms with E-state index in [0.717, 1.165) is 24.5 Å². The summed E-state index contributed by atoms with van der Waals surface area (Å²) in [4.78, 5) is 0. The van der Waals surface area contributed by atoms with Crippen LogP contribution < -0.4 is 10.5 Å². The summed E-state index contributed by atoms with van der Waals surface area (Å²) >= 11 is 0. The fourth-order valence-electron chi connectivity index (χ4n) is 2.97. The van der Waals surface area contributed by atoms with Crippen molar-refractivity contribution in [3.8, 4) is 5.75 Å². The van der Waals surface area contributed by atoms with E-state index in [1.165, 1.54) is 32.1 Å². The van der Waals surface area contributed by atoms with E-state index in [0.29, 0.717) is 79.3 Å². The zero-order valence-corrected chi connectivity index (χ0v) is 21.2. The third-order valence-corrected chi connectivity index (χ3v) is 4.88. The van der Waals surface area contributed by atoms with Gasteiger partial charge in [0.05, 0.1) is 72.7 Å². The third kappa shape index (κ3) is 21.1. The highest BCUT2D eigenvalue weighted by atomic mass is 16.6. The summed E-state index contributed by atoms with van der Waals surface area (Å²) in [6.45, 7) is 9.71. The molecule has 198 valence electrons. The molecule has 0 aliphatic heterocycles. The molecule has 34 heavy (non-hydrogen) atoms. The number of hydrogen-bond donors (Lipinski definition) is 1. The van der Waals surface area contributed by atoms with Crippen molar-refractivity contribution in [3.05, 3.63) is 24.3 Å². The highest BCUT2D eigenvalue weighted by molar-refractivity contribution is 5.41. The Balaban J connectivity index is 1.66. The first-order valence-corrected chi connectivity index (χ1v) is 12.8. The van der Waals surface area contributed by atoms with Gasteiger partial charge in [0.1, 0.15) is 12.4 Å². The topological polar surface area (TPSA) is 90.6 Å². The van der Waals surface area contributed by atoms with Gasteiger partial charge in [0, 0.05) is 12.3 Å². The number of hydrogen-bond acceptors (Lipinski definition) is 8. The van der Waals surface area contributed by atoms with Crippen molar-refractivity contribution >= 4 is 5.69 Å². The average molecular weight is 486 g/mol. The zero-order chi connectivity index (χ0) is 24.4. The lowest BCUT2D eigenvalue weighted by molar-refractivity contribution is -0.0179. The first-order chi connectivity index (χ1) is 16.8. The molecule has 0 bridgehead atoms. The van der Waals surface area contributed by atoms with Gasteiger partial charge in [-0.2, -0.15) is 0 Å². The van der Waals surface area contributed by atoms with Crippen molar-refractivity contribution in [1.82, 2.24) is 0 Å². The average Bonchev–Trinajstić information content (AvgIpc) is 2.85. The number of benzene rings is 1. The Hall–Kier alpha value is -1.42. The van der Waals surface area contributed by atoms with Gasteiger partial charge in [-0.05, 0) is 30.7 Å². The van der Waals surface area contributed by atoms with E-state index in [9.17, 15) is 0 Å². The monoisotopic (exact) mass is 485 g/mol. The number of anilines is 1. The Morgan fingerprint density at radius 2 is 0.853 bits per heavy atom. The second kappa shape index (κ2) is 24.7. The first-order valence-electron chi connectivity index (χ1n) is 12.8. The van der Waals surface area contributed by atoms with Crippen LogP contribution in [0.3, 0.4) is 0 Å². The molecule has 1 aromatic rings. The molecule has 0 saturated heterocycles. The summed E-state index contributed by atoms with van der Waals surface area (Å²) in [7, 11) is 0. The lowest BCUT2D eigenvalue weighted by atomic mass is 10.1. The van der Waals surface area contributed by atoms with E-state index in [2.05, 4.69) is 6.92 Å². The molecule has 0 unspecified atom stereocenters. The summed E-state index contributed by atoms with van der Waals surface area (Å²) in [5, 5.41) is 0. The van der Waals surface area contributed by atoms with Crippen LogP contribution in [-0.4, -0.2) is 85.9 Å². The minimum absolute atomic E-state index is 0.491. The normalized spacial score (nSPS) is 11.2. The minimum atomic E-state index is 0.491. The molecular weight excluding hydrogens is 438 g/mol. The van der Waals surface area contributed by atoms with Gasteiger partial charge in [-0.3, -0.25) is 0 Å². The van der Waals surface area contributed by atoms with Crippen molar-refractivity contribution in [3.63, 3.8) is 0 Å². The molecule has 0 spiro atoms. The first kappa shape index (κ1) is 30.6. The van der Waals surface area contributed by atoms with Crippen LogP contribution in [0.4, 0.5) is 5.69 Å². The molecule has 2 N–H and O–H groups in total. The molecule has 8 heteroatoms. The van der Waals surface area contributed by atoms with Crippen LogP contribution in [0.5, 0.6) is 5.75 Å². The Bertz CT molecular complexity index is 530. The molecule has 1 rings (SSSR count). The van der Waals surface area contributed by atoms with E-state index in [-0.39, 0.29) is 0 Å². The number of nitrogen functional groups attached to an aromatic ring is 1. The van der Waals surface area contributed by atoms with E-state index in [1.807, 2.05) is 24.3 Å². The molecule has 0 aliphatic rings. The lowest BCUT2D eigenvalue weighted by Gasteiger charge is -2.09. The molecule has 0 saturated carbocycles. The number of unbranched alkanes of at least 4 members (excludes halogenated alkanes) is 5. The summed E-state index contributed by atoms with van der Waals surface area (Å²) in [6.07, 6.45) is 7.71. The Kier molecular flexibility index (Phi) is 22.2. The van der Waals surface area contributed by atoms with Crippen molar-refractivity contribution < 1.29 is 33.2 Å². The Labute approximate surface area is 206 Å². The maximum atomic E-state index is 5.63. The summed E-state index contributed by atoms with van der Waals surface area (Å²) in [5.74, 6) is 0.784. The standard InChI is InChI=1S/C26H47NO7/c1-2-3-4-5-6-7-12-28-13-14-29-15-16-30-17-18-31-19-20-32-21-22-33-23-24-34-26-10-8-25(27)9-11-26/h8-11H,2-7,12-24,27H2,1H3. The van der Waals surface area contributed by atoms with Gasteiger partial charge in [-0.25, -0.2) is 0 Å². The maximum absolute atomic E-state index is 5.63. The fourth-order valence-corrected chi connectivity index (χ4v) is 2.97. The number of ether oxygens (including phenoxy) is 7. The smallest absolute Gasteiger partial charge is 0.119 e. The molecule has 0 heterocycles. The van der Waals surface area contributed by atoms with Gasteiger partial charge in [0.25, 0.3) is 0 Å². The zero-order valence-electron chi connectivity index (χ0n) is 21.2. The highest BCUT2D eigenvalue weighted by Crippen LogP contribution is 2.12. The summed E-state index contributed by atoms with van der Waals surface area (Å²) < 4.78 is 38.5. The van der Waals surface area contributed by atoms with E-state index in [4.69, 9.17) is 38.9 Å². The van der Waals surface area contributed by atoms with Crippen molar-refractivity contribution in [2.24, 2.45) is 0 Å². The second-order valence-electron chi connectivity index (χ2n) is 7.86. The van der Waals surface area contributed by atoms with Crippen molar-refractivity contribution in [2.45, 2.75) is 45.4 Å². The van der Waals surface area contributed by atoms with Crippen molar-refractivity contribution in [2.75, 3.05) is 91.6 Å². The largest absolute Gasteiger partial charge is 0.491 e. The van der Waals surface area contributed by atoms with E-state index < -0.39 is 0 Å². The molecule has 0 aromatic heterocycles. The van der Waals surface area contributed by atoms with Gasteiger partial charge < -0.3 is 38.9 Å². The van der Waals surface area contributed by atoms with Crippen LogP contribution in [-0.2, 0) is 28.4 Å². The fraction of sp³-hybridized carbons (Fsp3) is 0.769. The van der Waals surface area contributed by atoms with E-state index >= 15 is 0 Å². The van der Waals surface area contributed by atoms with Crippen LogP contribution in [0.15, 0.2) is 24.3 Å². The second-order valence-corrected chi connectivity index (χ2v) is 7.86. The predicted octanol–water partition coefficient (Wildman–Crippen LogP) is 4.11. The molecule has 0 fully saturated rings. The molecule has 0 atom stereocenters. The van der Waals surface area contributed by atoms with E-state index in [1.54, 1.807) is 0 Å². The van der Waals surface area contributed by atoms with Crippen LogP contribution >= 0.6 is 0 Å². The van der Waals surface area contributed by atoms with Gasteiger partial charge in [-0.15, -0.1) is 0 Å². The van der Waals surface area contributed by atoms with Crippen LogP contribution in [0.2, 0.25) is 0 Å². The molecule has 8 nitrogen and oxygen atoms in total. The van der Waals surface area contributed by atoms with Crippen LogP contribution in [0, 0.1) is 0 Å². The number of nitrogens with two attached hydrogens (primary N) is 1. The van der Waals surface area contributed by atoms with Crippen LogP contribution in [0.25, 0.3) is 0 Å². The quantitative estimate of drug-likeness (QED) is 0.155. The predicted molar refractivity (Wildman–Crippen MR) is 135 cm³/mol. The molecule has 1 aromatic carbocycles. The lowest BCUT2D eigenvalue weighted by Crippen LogP contribution is -2.14. The minimum Gasteiger partial charge on any atom is -0.491 e. The maximum Gasteiger partial charge on any atom is 0.119 e. The third-order valence-electron chi connectivity index (χ3n) is 4.88. The molecule has 0 amide bonds. The van der Waals surface area contributed by atoms with Gasteiger partial charge in [-0.1, -0.05) is 39.0 Å². The summed E-state index contributed by atoms with van der Waals surface area (Å²) in [6, 6.07) is 7.29. The van der Waals surface area contributed by atoms with Crippen molar-refractivity contribution in [1.29, 1.82) is 0 Å². The Morgan fingerprint density at radius 3 is 1.32 bits per heavy atom. The molecular formula is C26H47NO7.